The molecule has 1 aliphatic heterocycles. The zero-order valence-electron chi connectivity index (χ0n) is 12.7. The molecule has 3 rings (SSSR count). The Kier molecular flexibility index (Phi) is 4.91. The Bertz CT molecular complexity index is 458. The quantitative estimate of drug-likeness (QED) is 0.921. The lowest BCUT2D eigenvalue weighted by molar-refractivity contribution is -0.0202. The van der Waals surface area contributed by atoms with Gasteiger partial charge in [0.15, 0.2) is 0 Å². The van der Waals surface area contributed by atoms with Crippen LogP contribution in [-0.4, -0.2) is 34.7 Å². The molecule has 1 heterocycles. The standard InChI is InChI=1S/C18H26FNO/c19-15-7-4-6-14(12-15)13-17-18(21)10-5-11-20(17)16-8-2-1-3-9-16/h4,6-7,12,16-18,21H,1-3,5,8-11,13H2/t17-,18-/m0/s1. The second-order valence-electron chi connectivity index (χ2n) is 6.64. The molecule has 21 heavy (non-hydrogen) atoms. The molecule has 0 spiro atoms. The number of piperidine rings is 1. The van der Waals surface area contributed by atoms with E-state index in [1.165, 1.54) is 38.2 Å². The molecule has 116 valence electrons. The Labute approximate surface area is 127 Å². The first-order chi connectivity index (χ1) is 10.2. The van der Waals surface area contributed by atoms with Crippen molar-refractivity contribution < 1.29 is 9.50 Å². The van der Waals surface area contributed by atoms with Crippen LogP contribution in [-0.2, 0) is 6.42 Å². The van der Waals surface area contributed by atoms with Crippen molar-refractivity contribution in [3.63, 3.8) is 0 Å². The first kappa shape index (κ1) is 15.0. The smallest absolute Gasteiger partial charge is 0.123 e. The van der Waals surface area contributed by atoms with Crippen molar-refractivity contribution in [1.29, 1.82) is 0 Å². The number of hydrogen-bond acceptors (Lipinski definition) is 2. The highest BCUT2D eigenvalue weighted by Crippen LogP contribution is 2.30. The van der Waals surface area contributed by atoms with E-state index in [9.17, 15) is 9.50 Å². The average molecular weight is 291 g/mol. The maximum atomic E-state index is 13.4. The normalized spacial score (nSPS) is 28.7. The highest BCUT2D eigenvalue weighted by atomic mass is 19.1. The monoisotopic (exact) mass is 291 g/mol. The lowest BCUT2D eigenvalue weighted by atomic mass is 9.87. The number of likely N-dealkylation sites (tertiary alicyclic amines) is 1. The predicted molar refractivity (Wildman–Crippen MR) is 82.7 cm³/mol. The van der Waals surface area contributed by atoms with Crippen LogP contribution in [0.15, 0.2) is 24.3 Å². The van der Waals surface area contributed by atoms with Gasteiger partial charge < -0.3 is 5.11 Å². The minimum Gasteiger partial charge on any atom is -0.391 e. The summed E-state index contributed by atoms with van der Waals surface area (Å²) < 4.78 is 13.4. The summed E-state index contributed by atoms with van der Waals surface area (Å²) in [4.78, 5) is 2.53. The molecular weight excluding hydrogens is 265 g/mol. The number of nitrogens with zero attached hydrogens (tertiary/aromatic N) is 1. The molecule has 2 nitrogen and oxygen atoms in total. The maximum absolute atomic E-state index is 13.4. The van der Waals surface area contributed by atoms with E-state index in [2.05, 4.69) is 4.90 Å². The summed E-state index contributed by atoms with van der Waals surface area (Å²) in [7, 11) is 0. The summed E-state index contributed by atoms with van der Waals surface area (Å²) >= 11 is 0. The van der Waals surface area contributed by atoms with Gasteiger partial charge in [-0.3, -0.25) is 4.90 Å². The fourth-order valence-electron chi connectivity index (χ4n) is 4.09. The molecule has 0 bridgehead atoms. The minimum atomic E-state index is -0.274. The largest absolute Gasteiger partial charge is 0.391 e. The Morgan fingerprint density at radius 3 is 2.67 bits per heavy atom. The van der Waals surface area contributed by atoms with Crippen molar-refractivity contribution in [3.05, 3.63) is 35.6 Å². The van der Waals surface area contributed by atoms with Crippen LogP contribution in [0, 0.1) is 5.82 Å². The molecule has 3 heteroatoms. The van der Waals surface area contributed by atoms with Crippen LogP contribution >= 0.6 is 0 Å². The van der Waals surface area contributed by atoms with E-state index in [1.54, 1.807) is 12.1 Å². The van der Waals surface area contributed by atoms with E-state index >= 15 is 0 Å². The summed E-state index contributed by atoms with van der Waals surface area (Å²) in [6.45, 7) is 1.09. The molecule has 2 aliphatic rings. The van der Waals surface area contributed by atoms with Crippen molar-refractivity contribution in [2.75, 3.05) is 6.54 Å². The van der Waals surface area contributed by atoms with Crippen LogP contribution in [0.3, 0.4) is 0 Å². The van der Waals surface area contributed by atoms with Gasteiger partial charge in [-0.15, -0.1) is 0 Å². The third-order valence-electron chi connectivity index (χ3n) is 5.16. The second-order valence-corrected chi connectivity index (χ2v) is 6.64. The van der Waals surface area contributed by atoms with Crippen molar-refractivity contribution in [3.8, 4) is 0 Å². The molecule has 1 N–H and O–H groups in total. The van der Waals surface area contributed by atoms with Gasteiger partial charge in [0.25, 0.3) is 0 Å². The van der Waals surface area contributed by atoms with Crippen molar-refractivity contribution >= 4 is 0 Å². The summed E-state index contributed by atoms with van der Waals surface area (Å²) in [5, 5.41) is 10.5. The summed E-state index contributed by atoms with van der Waals surface area (Å²) in [6, 6.07) is 7.62. The third-order valence-corrected chi connectivity index (χ3v) is 5.16. The number of aliphatic hydroxyl groups excluding tert-OH is 1. The molecule has 1 saturated heterocycles. The van der Waals surface area contributed by atoms with E-state index < -0.39 is 0 Å². The summed E-state index contributed by atoms with van der Waals surface area (Å²) in [6.07, 6.45) is 8.92. The highest BCUT2D eigenvalue weighted by molar-refractivity contribution is 5.18. The molecule has 1 aromatic rings. The molecule has 2 atom stereocenters. The predicted octanol–water partition coefficient (Wildman–Crippen LogP) is 3.53. The zero-order chi connectivity index (χ0) is 14.7. The van der Waals surface area contributed by atoms with Gasteiger partial charge in [0.2, 0.25) is 0 Å². The molecule has 1 saturated carbocycles. The van der Waals surface area contributed by atoms with Crippen molar-refractivity contribution in [2.24, 2.45) is 0 Å². The second kappa shape index (κ2) is 6.89. The van der Waals surface area contributed by atoms with Gasteiger partial charge in [0.05, 0.1) is 6.10 Å². The number of aliphatic hydroxyl groups is 1. The zero-order valence-corrected chi connectivity index (χ0v) is 12.7. The molecule has 2 fully saturated rings. The van der Waals surface area contributed by atoms with E-state index in [0.29, 0.717) is 6.04 Å². The van der Waals surface area contributed by atoms with Gasteiger partial charge >= 0.3 is 0 Å². The number of hydrogen-bond donors (Lipinski definition) is 1. The van der Waals surface area contributed by atoms with E-state index in [1.807, 2.05) is 6.07 Å². The van der Waals surface area contributed by atoms with E-state index in [0.717, 1.165) is 31.4 Å². The van der Waals surface area contributed by atoms with Gasteiger partial charge in [-0.25, -0.2) is 4.39 Å². The number of rotatable bonds is 3. The Hall–Kier alpha value is -0.930. The number of halogens is 1. The van der Waals surface area contributed by atoms with Crippen LogP contribution in [0.2, 0.25) is 0 Å². The van der Waals surface area contributed by atoms with Crippen molar-refractivity contribution in [2.45, 2.75) is 69.6 Å². The van der Waals surface area contributed by atoms with Gasteiger partial charge in [0, 0.05) is 12.1 Å². The SMILES string of the molecule is O[C@H]1CCCN(C2CCCCC2)[C@H]1Cc1cccc(F)c1. The highest BCUT2D eigenvalue weighted by Gasteiger charge is 2.34. The van der Waals surface area contributed by atoms with Gasteiger partial charge in [-0.05, 0) is 56.3 Å². The van der Waals surface area contributed by atoms with Crippen LogP contribution in [0.5, 0.6) is 0 Å². The van der Waals surface area contributed by atoms with Crippen molar-refractivity contribution in [1.82, 2.24) is 4.90 Å². The summed E-state index contributed by atoms with van der Waals surface area (Å²) in [5.74, 6) is -0.179. The van der Waals surface area contributed by atoms with E-state index in [-0.39, 0.29) is 18.0 Å². The molecule has 0 aromatic heterocycles. The third kappa shape index (κ3) is 3.64. The molecule has 0 radical (unpaired) electrons. The van der Waals surface area contributed by atoms with Crippen LogP contribution in [0.1, 0.15) is 50.5 Å². The maximum Gasteiger partial charge on any atom is 0.123 e. The van der Waals surface area contributed by atoms with Gasteiger partial charge in [0.1, 0.15) is 5.82 Å². The lowest BCUT2D eigenvalue weighted by Gasteiger charge is -2.45. The average Bonchev–Trinajstić information content (AvgIpc) is 2.50. The Morgan fingerprint density at radius 1 is 1.10 bits per heavy atom. The molecule has 1 aromatic carbocycles. The minimum absolute atomic E-state index is 0.156. The lowest BCUT2D eigenvalue weighted by Crippen LogP contribution is -2.54. The topological polar surface area (TPSA) is 23.5 Å². The molecule has 0 amide bonds. The van der Waals surface area contributed by atoms with E-state index in [4.69, 9.17) is 0 Å². The molecular formula is C18H26FNO. The molecule has 0 unspecified atom stereocenters. The first-order valence-corrected chi connectivity index (χ1v) is 8.42. The van der Waals surface area contributed by atoms with Crippen LogP contribution in [0.4, 0.5) is 4.39 Å². The van der Waals surface area contributed by atoms with Crippen LogP contribution < -0.4 is 0 Å². The first-order valence-electron chi connectivity index (χ1n) is 8.42. The summed E-state index contributed by atoms with van der Waals surface area (Å²) in [5.41, 5.74) is 1.00. The number of benzene rings is 1. The fourth-order valence-corrected chi connectivity index (χ4v) is 4.09. The van der Waals surface area contributed by atoms with Crippen LogP contribution in [0.25, 0.3) is 0 Å². The Morgan fingerprint density at radius 2 is 1.90 bits per heavy atom. The van der Waals surface area contributed by atoms with Gasteiger partial charge in [-0.1, -0.05) is 31.4 Å². The van der Waals surface area contributed by atoms with Gasteiger partial charge in [-0.2, -0.15) is 0 Å². The molecule has 1 aliphatic carbocycles. The fraction of sp³-hybridized carbons (Fsp3) is 0.667. The Balaban J connectivity index is 1.74.